The van der Waals surface area contributed by atoms with Crippen LogP contribution in [0, 0.1) is 5.41 Å². The average Bonchev–Trinajstić information content (AvgIpc) is 2.88. The summed E-state index contributed by atoms with van der Waals surface area (Å²) in [6, 6.07) is 0. The highest BCUT2D eigenvalue weighted by atomic mass is 32.2. The van der Waals surface area contributed by atoms with Crippen molar-refractivity contribution in [3.63, 3.8) is 0 Å². The van der Waals surface area contributed by atoms with Crippen molar-refractivity contribution >= 4 is 15.8 Å². The molecule has 1 aromatic rings. The van der Waals surface area contributed by atoms with Crippen molar-refractivity contribution in [2.24, 2.45) is 5.41 Å². The van der Waals surface area contributed by atoms with Crippen LogP contribution in [-0.2, 0) is 10.0 Å². The predicted molar refractivity (Wildman–Crippen MR) is 77.3 cm³/mol. The molecule has 0 aliphatic carbocycles. The van der Waals surface area contributed by atoms with Crippen molar-refractivity contribution in [2.75, 3.05) is 37.3 Å². The summed E-state index contributed by atoms with van der Waals surface area (Å²) in [6.45, 7) is 0.241. The summed E-state index contributed by atoms with van der Waals surface area (Å²) in [5.41, 5.74) is -1.36. The number of hydrogen-bond donors (Lipinski definition) is 0. The number of alkyl halides is 2. The van der Waals surface area contributed by atoms with Crippen molar-refractivity contribution in [1.29, 1.82) is 0 Å². The molecule has 0 aromatic carbocycles. The van der Waals surface area contributed by atoms with Gasteiger partial charge < -0.3 is 4.90 Å². The van der Waals surface area contributed by atoms with Crippen molar-refractivity contribution in [2.45, 2.75) is 18.8 Å². The van der Waals surface area contributed by atoms with Gasteiger partial charge in [0, 0.05) is 45.0 Å². The van der Waals surface area contributed by atoms with Gasteiger partial charge in [-0.1, -0.05) is 0 Å². The first-order chi connectivity index (χ1) is 10.2. The van der Waals surface area contributed by atoms with E-state index in [4.69, 9.17) is 0 Å². The summed E-state index contributed by atoms with van der Waals surface area (Å²) >= 11 is 0. The van der Waals surface area contributed by atoms with Crippen LogP contribution in [0.15, 0.2) is 18.6 Å². The van der Waals surface area contributed by atoms with Gasteiger partial charge in [0.1, 0.15) is 5.82 Å². The van der Waals surface area contributed by atoms with Gasteiger partial charge in [-0.15, -0.1) is 0 Å². The van der Waals surface area contributed by atoms with Crippen LogP contribution in [0.1, 0.15) is 12.8 Å². The standard InChI is InChI=1S/C13H18F2N4O2S/c1-22(20,21)19-7-3-13(14,15)12(10-19)2-6-18(9-12)11-8-16-4-5-17-11/h4-5,8H,2-3,6-7,9-10H2,1H3. The lowest BCUT2D eigenvalue weighted by Crippen LogP contribution is -2.58. The first kappa shape index (κ1) is 15.5. The van der Waals surface area contributed by atoms with Gasteiger partial charge in [-0.3, -0.25) is 4.98 Å². The SMILES string of the molecule is CS(=O)(=O)N1CCC(F)(F)C2(CCN(c3cnccn3)C2)C1. The molecular formula is C13H18F2N4O2S. The lowest BCUT2D eigenvalue weighted by atomic mass is 9.76. The summed E-state index contributed by atoms with van der Waals surface area (Å²) in [6.07, 6.45) is 5.45. The largest absolute Gasteiger partial charge is 0.354 e. The molecule has 0 saturated carbocycles. The molecule has 2 fully saturated rings. The van der Waals surface area contributed by atoms with E-state index in [1.807, 2.05) is 0 Å². The maximum absolute atomic E-state index is 14.5. The van der Waals surface area contributed by atoms with Crippen LogP contribution in [0.2, 0.25) is 0 Å². The van der Waals surface area contributed by atoms with E-state index >= 15 is 0 Å². The smallest absolute Gasteiger partial charge is 0.257 e. The van der Waals surface area contributed by atoms with E-state index in [0.717, 1.165) is 6.26 Å². The van der Waals surface area contributed by atoms with E-state index in [9.17, 15) is 17.2 Å². The average molecular weight is 332 g/mol. The second kappa shape index (κ2) is 5.09. The fourth-order valence-corrected chi connectivity index (χ4v) is 4.20. The lowest BCUT2D eigenvalue weighted by molar-refractivity contribution is -0.145. The molecular weight excluding hydrogens is 314 g/mol. The van der Waals surface area contributed by atoms with Crippen LogP contribution < -0.4 is 4.90 Å². The van der Waals surface area contributed by atoms with Gasteiger partial charge in [0.25, 0.3) is 5.92 Å². The molecule has 122 valence electrons. The highest BCUT2D eigenvalue weighted by Gasteiger charge is 2.60. The quantitative estimate of drug-likeness (QED) is 0.807. The number of nitrogens with zero attached hydrogens (tertiary/aromatic N) is 4. The van der Waals surface area contributed by atoms with Gasteiger partial charge in [-0.2, -0.15) is 0 Å². The summed E-state index contributed by atoms with van der Waals surface area (Å²) < 4.78 is 53.7. The Morgan fingerprint density at radius 1 is 1.18 bits per heavy atom. The van der Waals surface area contributed by atoms with E-state index in [-0.39, 0.29) is 26.1 Å². The van der Waals surface area contributed by atoms with Crippen molar-refractivity contribution < 1.29 is 17.2 Å². The number of halogens is 2. The first-order valence-corrected chi connectivity index (χ1v) is 8.92. The van der Waals surface area contributed by atoms with Gasteiger partial charge in [0.15, 0.2) is 0 Å². The second-order valence-electron chi connectivity index (χ2n) is 6.07. The normalized spacial score (nSPS) is 29.1. The number of hydrogen-bond acceptors (Lipinski definition) is 5. The Hall–Kier alpha value is -1.35. The fraction of sp³-hybridized carbons (Fsp3) is 0.692. The summed E-state index contributed by atoms with van der Waals surface area (Å²) in [7, 11) is -3.47. The zero-order valence-corrected chi connectivity index (χ0v) is 13.1. The van der Waals surface area contributed by atoms with Gasteiger partial charge in [-0.25, -0.2) is 26.5 Å². The molecule has 0 bridgehead atoms. The Balaban J connectivity index is 1.87. The van der Waals surface area contributed by atoms with Crippen LogP contribution in [0.5, 0.6) is 0 Å². The third-order valence-electron chi connectivity index (χ3n) is 4.63. The van der Waals surface area contributed by atoms with Crippen LogP contribution in [0.25, 0.3) is 0 Å². The molecule has 3 rings (SSSR count). The number of anilines is 1. The van der Waals surface area contributed by atoms with E-state index in [1.54, 1.807) is 4.90 Å². The molecule has 0 radical (unpaired) electrons. The zero-order valence-electron chi connectivity index (χ0n) is 12.2. The Kier molecular flexibility index (Phi) is 3.59. The fourth-order valence-electron chi connectivity index (χ4n) is 3.30. The maximum atomic E-state index is 14.5. The molecule has 3 heterocycles. The maximum Gasteiger partial charge on any atom is 0.257 e. The van der Waals surface area contributed by atoms with E-state index in [2.05, 4.69) is 9.97 Å². The summed E-state index contributed by atoms with van der Waals surface area (Å²) in [5, 5.41) is 0. The molecule has 2 aliphatic heterocycles. The third kappa shape index (κ3) is 2.56. The number of aromatic nitrogens is 2. The van der Waals surface area contributed by atoms with Gasteiger partial charge >= 0.3 is 0 Å². The molecule has 2 saturated heterocycles. The molecule has 22 heavy (non-hydrogen) atoms. The molecule has 1 spiro atoms. The first-order valence-electron chi connectivity index (χ1n) is 7.08. The Bertz CT molecular complexity index is 655. The third-order valence-corrected chi connectivity index (χ3v) is 5.88. The molecule has 9 heteroatoms. The van der Waals surface area contributed by atoms with Gasteiger partial charge in [0.05, 0.1) is 17.9 Å². The van der Waals surface area contributed by atoms with Crippen LogP contribution in [0.4, 0.5) is 14.6 Å². The molecule has 6 nitrogen and oxygen atoms in total. The Morgan fingerprint density at radius 2 is 1.95 bits per heavy atom. The van der Waals surface area contributed by atoms with Gasteiger partial charge in [-0.05, 0) is 6.42 Å². The molecule has 2 aliphatic rings. The van der Waals surface area contributed by atoms with Crippen LogP contribution in [0.3, 0.4) is 0 Å². The number of piperidine rings is 1. The zero-order chi connectivity index (χ0) is 16.0. The van der Waals surface area contributed by atoms with E-state index < -0.39 is 27.8 Å². The minimum absolute atomic E-state index is 0.0880. The summed E-state index contributed by atoms with van der Waals surface area (Å²) in [4.78, 5) is 9.85. The van der Waals surface area contributed by atoms with Crippen molar-refractivity contribution in [3.8, 4) is 0 Å². The van der Waals surface area contributed by atoms with E-state index in [0.29, 0.717) is 12.4 Å². The topological polar surface area (TPSA) is 66.4 Å². The highest BCUT2D eigenvalue weighted by Crippen LogP contribution is 2.50. The van der Waals surface area contributed by atoms with Crippen LogP contribution >= 0.6 is 0 Å². The molecule has 1 unspecified atom stereocenters. The van der Waals surface area contributed by atoms with E-state index in [1.165, 1.54) is 22.9 Å². The minimum atomic E-state index is -3.47. The molecule has 0 amide bonds. The molecule has 1 aromatic heterocycles. The van der Waals surface area contributed by atoms with Crippen LogP contribution in [-0.4, -0.2) is 61.0 Å². The second-order valence-corrected chi connectivity index (χ2v) is 8.05. The monoisotopic (exact) mass is 332 g/mol. The van der Waals surface area contributed by atoms with Crippen molar-refractivity contribution in [3.05, 3.63) is 18.6 Å². The van der Waals surface area contributed by atoms with Gasteiger partial charge in [0.2, 0.25) is 10.0 Å². The minimum Gasteiger partial charge on any atom is -0.354 e. The lowest BCUT2D eigenvalue weighted by Gasteiger charge is -2.44. The Morgan fingerprint density at radius 3 is 2.59 bits per heavy atom. The Labute approximate surface area is 128 Å². The molecule has 1 atom stereocenters. The highest BCUT2D eigenvalue weighted by molar-refractivity contribution is 7.88. The van der Waals surface area contributed by atoms with Crippen molar-refractivity contribution in [1.82, 2.24) is 14.3 Å². The number of sulfonamides is 1. The molecule has 0 N–H and O–H groups in total. The predicted octanol–water partition coefficient (Wildman–Crippen LogP) is 0.974. The summed E-state index contributed by atoms with van der Waals surface area (Å²) in [5.74, 6) is -2.34. The number of rotatable bonds is 2.